The smallest absolute Gasteiger partial charge is 0.335 e. The summed E-state index contributed by atoms with van der Waals surface area (Å²) < 4.78 is 5.20. The normalized spacial score (nSPS) is 41.7. The lowest BCUT2D eigenvalue weighted by atomic mass is 9.46. The molecule has 2 saturated carbocycles. The molecule has 5 heteroatoms. The largest absolute Gasteiger partial charge is 0.431 e. The van der Waals surface area contributed by atoms with Gasteiger partial charge in [0.05, 0.1) is 11.9 Å². The molecular formula is C26H36N2O3. The van der Waals surface area contributed by atoms with Crippen molar-refractivity contribution < 1.29 is 9.52 Å². The summed E-state index contributed by atoms with van der Waals surface area (Å²) in [5.74, 6) is 1.04. The van der Waals surface area contributed by atoms with Gasteiger partial charge < -0.3 is 14.9 Å². The van der Waals surface area contributed by atoms with Gasteiger partial charge in [0, 0.05) is 31.3 Å². The summed E-state index contributed by atoms with van der Waals surface area (Å²) in [5.41, 5.74) is 6.23. The first-order chi connectivity index (χ1) is 14.7. The summed E-state index contributed by atoms with van der Waals surface area (Å²) in [5, 5.41) is 14.3. The molecule has 168 valence electrons. The topological polar surface area (TPSA) is 65.7 Å². The van der Waals surface area contributed by atoms with Crippen LogP contribution in [-0.4, -0.2) is 29.8 Å². The molecule has 4 aliphatic rings. The third-order valence-electron chi connectivity index (χ3n) is 9.45. The van der Waals surface area contributed by atoms with Crippen LogP contribution in [0.15, 0.2) is 51.0 Å². The highest BCUT2D eigenvalue weighted by Crippen LogP contribution is 2.69. The van der Waals surface area contributed by atoms with Gasteiger partial charge in [-0.15, -0.1) is 0 Å². The molecule has 1 aromatic rings. The Bertz CT molecular complexity index is 974. The number of hydrogen-bond donors (Lipinski definition) is 2. The first-order valence-electron chi connectivity index (χ1n) is 11.8. The van der Waals surface area contributed by atoms with E-state index in [1.165, 1.54) is 17.3 Å². The van der Waals surface area contributed by atoms with Gasteiger partial charge in [-0.2, -0.15) is 0 Å². The highest BCUT2D eigenvalue weighted by atomic mass is 16.4. The molecule has 1 aromatic heterocycles. The summed E-state index contributed by atoms with van der Waals surface area (Å²) in [6.07, 6.45) is 13.5. The Labute approximate surface area is 185 Å². The zero-order chi connectivity index (χ0) is 22.0. The molecule has 1 heterocycles. The van der Waals surface area contributed by atoms with Crippen molar-refractivity contribution in [3.63, 3.8) is 0 Å². The van der Waals surface area contributed by atoms with Gasteiger partial charge in [-0.05, 0) is 91.4 Å². The Kier molecular flexibility index (Phi) is 4.80. The maximum atomic E-state index is 12.3. The van der Waals surface area contributed by atoms with Crippen molar-refractivity contribution in [1.82, 2.24) is 10.4 Å². The van der Waals surface area contributed by atoms with Crippen LogP contribution in [0.1, 0.15) is 70.3 Å². The van der Waals surface area contributed by atoms with Crippen molar-refractivity contribution in [1.29, 1.82) is 0 Å². The Hall–Kier alpha value is -1.85. The second-order valence-corrected chi connectivity index (χ2v) is 11.1. The zero-order valence-corrected chi connectivity index (χ0v) is 19.3. The molecule has 5 nitrogen and oxygen atoms in total. The number of hydrazine groups is 1. The van der Waals surface area contributed by atoms with Crippen molar-refractivity contribution in [3.8, 4) is 0 Å². The average Bonchev–Trinajstić information content (AvgIpc) is 3.00. The minimum atomic E-state index is -0.673. The number of hydrogen-bond acceptors (Lipinski definition) is 5. The van der Waals surface area contributed by atoms with E-state index >= 15 is 0 Å². The number of nitrogens with one attached hydrogen (secondary N) is 1. The SMILES string of the molecule is CN(C)NC1=CC2=CCC3C(CC[C@]4(C)[C@@H](c5ccc(=O)oc5)CC[C@]34O)[C@@]2(C)CC1. The number of fused-ring (bicyclic) bond motifs is 5. The minimum absolute atomic E-state index is 0.134. The number of allylic oxidation sites excluding steroid dienone is 4. The summed E-state index contributed by atoms with van der Waals surface area (Å²) in [6, 6.07) is 3.43. The lowest BCUT2D eigenvalue weighted by molar-refractivity contribution is -0.169. The van der Waals surface area contributed by atoms with Crippen molar-refractivity contribution in [3.05, 3.63) is 57.8 Å². The van der Waals surface area contributed by atoms with E-state index in [-0.39, 0.29) is 28.3 Å². The third-order valence-corrected chi connectivity index (χ3v) is 9.45. The molecule has 0 saturated heterocycles. The van der Waals surface area contributed by atoms with Gasteiger partial charge in [0.2, 0.25) is 0 Å². The molecular weight excluding hydrogens is 388 g/mol. The highest BCUT2D eigenvalue weighted by molar-refractivity contribution is 5.38. The van der Waals surface area contributed by atoms with E-state index < -0.39 is 5.60 Å². The summed E-state index contributed by atoms with van der Waals surface area (Å²) >= 11 is 0. The number of aliphatic hydroxyl groups is 1. The monoisotopic (exact) mass is 424 g/mol. The van der Waals surface area contributed by atoms with Crippen molar-refractivity contribution >= 4 is 0 Å². The van der Waals surface area contributed by atoms with Gasteiger partial charge in [0.25, 0.3) is 0 Å². The molecule has 4 aliphatic carbocycles. The first-order valence-corrected chi connectivity index (χ1v) is 11.8. The quantitative estimate of drug-likeness (QED) is 0.706. The molecule has 2 N–H and O–H groups in total. The van der Waals surface area contributed by atoms with Crippen molar-refractivity contribution in [2.24, 2.45) is 22.7 Å². The molecule has 0 spiro atoms. The lowest BCUT2D eigenvalue weighted by Crippen LogP contribution is -2.59. The molecule has 0 aliphatic heterocycles. The van der Waals surface area contributed by atoms with Crippen LogP contribution in [0.4, 0.5) is 0 Å². The van der Waals surface area contributed by atoms with Gasteiger partial charge in [-0.1, -0.05) is 19.9 Å². The van der Waals surface area contributed by atoms with Crippen LogP contribution >= 0.6 is 0 Å². The molecule has 0 radical (unpaired) electrons. The first kappa shape index (κ1) is 21.0. The van der Waals surface area contributed by atoms with Crippen LogP contribution < -0.4 is 11.1 Å². The molecule has 0 amide bonds. The Morgan fingerprint density at radius 1 is 1.13 bits per heavy atom. The molecule has 2 unspecified atom stereocenters. The second-order valence-electron chi connectivity index (χ2n) is 11.1. The zero-order valence-electron chi connectivity index (χ0n) is 19.3. The van der Waals surface area contributed by atoms with Crippen molar-refractivity contribution in [2.75, 3.05) is 14.1 Å². The van der Waals surface area contributed by atoms with Gasteiger partial charge in [-0.25, -0.2) is 9.80 Å². The van der Waals surface area contributed by atoms with Crippen molar-refractivity contribution in [2.45, 2.75) is 70.3 Å². The summed E-state index contributed by atoms with van der Waals surface area (Å²) in [6.45, 7) is 4.72. The van der Waals surface area contributed by atoms with Gasteiger partial charge >= 0.3 is 5.63 Å². The van der Waals surface area contributed by atoms with Crippen LogP contribution in [0.25, 0.3) is 0 Å². The molecule has 5 rings (SSSR count). The maximum absolute atomic E-state index is 12.3. The molecule has 0 bridgehead atoms. The summed E-state index contributed by atoms with van der Waals surface area (Å²) in [4.78, 5) is 11.5. The van der Waals surface area contributed by atoms with Gasteiger partial charge in [0.15, 0.2) is 0 Å². The van der Waals surface area contributed by atoms with E-state index in [1.54, 1.807) is 6.26 Å². The number of rotatable bonds is 3. The molecule has 2 fully saturated rings. The number of nitrogens with zero attached hydrogens (tertiary/aromatic N) is 1. The fourth-order valence-electron chi connectivity index (χ4n) is 7.77. The van der Waals surface area contributed by atoms with Crippen LogP contribution in [0.3, 0.4) is 0 Å². The standard InChI is InChI=1S/C26H36N2O3/c1-24-12-9-19(27-28(3)4)15-18(24)6-7-22-21(24)10-13-25(2)20(11-14-26(22,25)30)17-5-8-23(29)31-16-17/h5-6,8,15-16,20-22,27,30H,7,9-14H2,1-4H3/t20-,21?,22?,24+,25-,26+/m1/s1. The Morgan fingerprint density at radius 2 is 1.94 bits per heavy atom. The lowest BCUT2D eigenvalue weighted by Gasteiger charge is -2.60. The van der Waals surface area contributed by atoms with E-state index in [2.05, 4.69) is 31.4 Å². The van der Waals surface area contributed by atoms with E-state index in [4.69, 9.17) is 4.42 Å². The summed E-state index contributed by atoms with van der Waals surface area (Å²) in [7, 11) is 4.07. The van der Waals surface area contributed by atoms with E-state index in [9.17, 15) is 9.90 Å². The van der Waals surface area contributed by atoms with Crippen LogP contribution in [0.2, 0.25) is 0 Å². The van der Waals surface area contributed by atoms with E-state index in [0.29, 0.717) is 5.92 Å². The molecule has 31 heavy (non-hydrogen) atoms. The fraction of sp³-hybridized carbons (Fsp3) is 0.654. The fourth-order valence-corrected chi connectivity index (χ4v) is 7.77. The van der Waals surface area contributed by atoms with Crippen LogP contribution in [0, 0.1) is 22.7 Å². The third kappa shape index (κ3) is 3.00. The highest BCUT2D eigenvalue weighted by Gasteiger charge is 2.66. The maximum Gasteiger partial charge on any atom is 0.335 e. The average molecular weight is 425 g/mol. The Morgan fingerprint density at radius 3 is 2.65 bits per heavy atom. The van der Waals surface area contributed by atoms with Crippen LogP contribution in [-0.2, 0) is 0 Å². The predicted octanol–water partition coefficient (Wildman–Crippen LogP) is 4.36. The van der Waals surface area contributed by atoms with Gasteiger partial charge in [0.1, 0.15) is 0 Å². The van der Waals surface area contributed by atoms with Gasteiger partial charge in [-0.3, -0.25) is 0 Å². The molecule has 6 atom stereocenters. The Balaban J connectivity index is 1.48. The predicted molar refractivity (Wildman–Crippen MR) is 121 cm³/mol. The minimum Gasteiger partial charge on any atom is -0.431 e. The van der Waals surface area contributed by atoms with E-state index in [0.717, 1.165) is 50.5 Å². The van der Waals surface area contributed by atoms with E-state index in [1.807, 2.05) is 25.2 Å². The second kappa shape index (κ2) is 7.08. The molecule has 0 aromatic carbocycles. The van der Waals surface area contributed by atoms with Crippen LogP contribution in [0.5, 0.6) is 0 Å².